The maximum Gasteiger partial charge on any atom is 0.126 e. The van der Waals surface area contributed by atoms with Crippen LogP contribution in [0, 0.1) is 5.82 Å². The first kappa shape index (κ1) is 18.2. The van der Waals surface area contributed by atoms with E-state index in [4.69, 9.17) is 16.3 Å². The predicted octanol–water partition coefficient (Wildman–Crippen LogP) is 3.97. The fourth-order valence-electron chi connectivity index (χ4n) is 3.26. The molecule has 2 N–H and O–H groups in total. The molecule has 0 aromatic heterocycles. The van der Waals surface area contributed by atoms with Crippen LogP contribution in [-0.4, -0.2) is 29.9 Å². The quantitative estimate of drug-likeness (QED) is 0.815. The lowest BCUT2D eigenvalue weighted by atomic mass is 9.89. The lowest BCUT2D eigenvalue weighted by Crippen LogP contribution is -2.51. The Morgan fingerprint density at radius 3 is 2.72 bits per heavy atom. The molecule has 1 aliphatic carbocycles. The fraction of sp³-hybridized carbons (Fsp3) is 0.400. The van der Waals surface area contributed by atoms with E-state index in [1.54, 1.807) is 12.1 Å². The summed E-state index contributed by atoms with van der Waals surface area (Å²) < 4.78 is 19.1. The summed E-state index contributed by atoms with van der Waals surface area (Å²) >= 11 is 5.89. The topological polar surface area (TPSA) is 41.5 Å². The third-order valence-electron chi connectivity index (χ3n) is 4.61. The van der Waals surface area contributed by atoms with Gasteiger partial charge >= 0.3 is 0 Å². The minimum Gasteiger partial charge on any atom is -0.488 e. The summed E-state index contributed by atoms with van der Waals surface area (Å²) in [6, 6.07) is 13.8. The number of halogens is 2. The highest BCUT2D eigenvalue weighted by atomic mass is 35.5. The van der Waals surface area contributed by atoms with Gasteiger partial charge in [0.2, 0.25) is 0 Å². The van der Waals surface area contributed by atoms with Crippen LogP contribution >= 0.6 is 11.6 Å². The van der Waals surface area contributed by atoms with E-state index in [1.807, 2.05) is 24.3 Å². The van der Waals surface area contributed by atoms with Crippen LogP contribution in [0.2, 0.25) is 5.02 Å². The van der Waals surface area contributed by atoms with Crippen molar-refractivity contribution in [2.75, 3.05) is 6.54 Å². The lowest BCUT2D eigenvalue weighted by Gasteiger charge is -2.35. The highest BCUT2D eigenvalue weighted by molar-refractivity contribution is 6.30. The Morgan fingerprint density at radius 2 is 1.96 bits per heavy atom. The van der Waals surface area contributed by atoms with E-state index in [1.165, 1.54) is 17.7 Å². The molecule has 3 nitrogen and oxygen atoms in total. The van der Waals surface area contributed by atoms with Gasteiger partial charge < -0.3 is 15.2 Å². The second kappa shape index (κ2) is 8.65. The minimum atomic E-state index is -0.609. The highest BCUT2D eigenvalue weighted by Gasteiger charge is 2.33. The first-order valence-corrected chi connectivity index (χ1v) is 9.08. The van der Waals surface area contributed by atoms with Crippen LogP contribution in [-0.2, 0) is 6.42 Å². The second-order valence-corrected chi connectivity index (χ2v) is 6.91. The molecule has 0 aliphatic heterocycles. The SMILES string of the molecule is O[C@@H]1[C@@H](NCCc2ccc(Cl)cc2)CCC[C@H]1Oc1cccc(F)c1. The molecule has 3 atom stereocenters. The molecule has 0 heterocycles. The van der Waals surface area contributed by atoms with Gasteiger partial charge in [-0.3, -0.25) is 0 Å². The monoisotopic (exact) mass is 363 g/mol. The van der Waals surface area contributed by atoms with Gasteiger partial charge in [0.15, 0.2) is 0 Å². The number of aliphatic hydroxyl groups excluding tert-OH is 1. The van der Waals surface area contributed by atoms with Gasteiger partial charge in [0.05, 0.1) is 0 Å². The third kappa shape index (κ3) is 5.18. The molecule has 1 aliphatic rings. The summed E-state index contributed by atoms with van der Waals surface area (Å²) in [5.41, 5.74) is 1.20. The van der Waals surface area contributed by atoms with Gasteiger partial charge in [-0.2, -0.15) is 0 Å². The summed E-state index contributed by atoms with van der Waals surface area (Å²) in [5, 5.41) is 14.8. The van der Waals surface area contributed by atoms with Gasteiger partial charge in [0.25, 0.3) is 0 Å². The first-order chi connectivity index (χ1) is 12.1. The van der Waals surface area contributed by atoms with Crippen LogP contribution in [0.15, 0.2) is 48.5 Å². The fourth-order valence-corrected chi connectivity index (χ4v) is 3.39. The summed E-state index contributed by atoms with van der Waals surface area (Å²) in [4.78, 5) is 0. The minimum absolute atomic E-state index is 0.0143. The smallest absolute Gasteiger partial charge is 0.126 e. The standard InChI is InChI=1S/C20H23ClFNO2/c21-15-9-7-14(8-10-15)11-12-23-18-5-2-6-19(20(18)24)25-17-4-1-3-16(22)13-17/h1,3-4,7-10,13,18-20,23-24H,2,5-6,11-12H2/t18-,19+,20+/m0/s1. The number of hydrogen-bond acceptors (Lipinski definition) is 3. The van der Waals surface area contributed by atoms with Crippen LogP contribution in [0.25, 0.3) is 0 Å². The Balaban J connectivity index is 1.51. The summed E-state index contributed by atoms with van der Waals surface area (Å²) in [5.74, 6) is 0.131. The normalized spacial score (nSPS) is 23.4. The van der Waals surface area contributed by atoms with Crippen LogP contribution in [0.1, 0.15) is 24.8 Å². The van der Waals surface area contributed by atoms with Crippen LogP contribution in [0.4, 0.5) is 4.39 Å². The van der Waals surface area contributed by atoms with Gasteiger partial charge in [-0.05, 0) is 62.1 Å². The molecule has 25 heavy (non-hydrogen) atoms. The number of rotatable bonds is 6. The maximum atomic E-state index is 13.3. The van der Waals surface area contributed by atoms with E-state index < -0.39 is 6.10 Å². The summed E-state index contributed by atoms with van der Waals surface area (Å²) in [6.07, 6.45) is 2.59. The van der Waals surface area contributed by atoms with Crippen molar-refractivity contribution < 1.29 is 14.2 Å². The van der Waals surface area contributed by atoms with E-state index in [0.29, 0.717) is 5.75 Å². The number of nitrogens with one attached hydrogen (secondary N) is 1. The van der Waals surface area contributed by atoms with Crippen LogP contribution in [0.3, 0.4) is 0 Å². The van der Waals surface area contributed by atoms with Gasteiger partial charge in [0.1, 0.15) is 23.8 Å². The second-order valence-electron chi connectivity index (χ2n) is 6.47. The molecular formula is C20H23ClFNO2. The first-order valence-electron chi connectivity index (χ1n) is 8.70. The summed E-state index contributed by atoms with van der Waals surface area (Å²) in [6.45, 7) is 0.774. The van der Waals surface area contributed by atoms with E-state index >= 15 is 0 Å². The maximum absolute atomic E-state index is 13.3. The number of ether oxygens (including phenoxy) is 1. The van der Waals surface area contributed by atoms with Gasteiger partial charge in [-0.25, -0.2) is 4.39 Å². The Morgan fingerprint density at radius 1 is 1.16 bits per heavy atom. The molecule has 1 fully saturated rings. The van der Waals surface area contributed by atoms with Gasteiger partial charge in [0, 0.05) is 17.1 Å². The van der Waals surface area contributed by atoms with Crippen LogP contribution < -0.4 is 10.1 Å². The molecule has 2 aromatic rings. The van der Waals surface area contributed by atoms with Crippen molar-refractivity contribution in [2.24, 2.45) is 0 Å². The Labute approximate surface area is 152 Å². The third-order valence-corrected chi connectivity index (χ3v) is 4.87. The molecule has 0 unspecified atom stereocenters. The zero-order chi connectivity index (χ0) is 17.6. The zero-order valence-corrected chi connectivity index (χ0v) is 14.8. The Bertz CT molecular complexity index is 680. The zero-order valence-electron chi connectivity index (χ0n) is 14.0. The molecule has 0 radical (unpaired) electrons. The van der Waals surface area contributed by atoms with E-state index in [-0.39, 0.29) is 18.0 Å². The molecule has 5 heteroatoms. The van der Waals surface area contributed by atoms with Gasteiger partial charge in [-0.1, -0.05) is 29.8 Å². The van der Waals surface area contributed by atoms with Crippen molar-refractivity contribution in [3.05, 3.63) is 64.9 Å². The van der Waals surface area contributed by atoms with E-state index in [2.05, 4.69) is 5.32 Å². The average molecular weight is 364 g/mol. The van der Waals surface area contributed by atoms with Crippen LogP contribution in [0.5, 0.6) is 5.75 Å². The molecule has 134 valence electrons. The van der Waals surface area contributed by atoms with E-state index in [9.17, 15) is 9.50 Å². The molecule has 0 spiro atoms. The number of benzene rings is 2. The number of aliphatic hydroxyl groups is 1. The predicted molar refractivity (Wildman–Crippen MR) is 97.6 cm³/mol. The Hall–Kier alpha value is -1.62. The Kier molecular flexibility index (Phi) is 6.29. The van der Waals surface area contributed by atoms with Crippen molar-refractivity contribution in [1.29, 1.82) is 0 Å². The van der Waals surface area contributed by atoms with Crippen molar-refractivity contribution in [3.63, 3.8) is 0 Å². The molecule has 0 saturated heterocycles. The highest BCUT2D eigenvalue weighted by Crippen LogP contribution is 2.25. The largest absolute Gasteiger partial charge is 0.488 e. The molecule has 0 bridgehead atoms. The van der Waals surface area contributed by atoms with Crippen molar-refractivity contribution >= 4 is 11.6 Å². The van der Waals surface area contributed by atoms with Crippen molar-refractivity contribution in [2.45, 2.75) is 43.9 Å². The molecule has 2 aromatic carbocycles. The van der Waals surface area contributed by atoms with E-state index in [0.717, 1.165) is 37.3 Å². The summed E-state index contributed by atoms with van der Waals surface area (Å²) in [7, 11) is 0. The number of hydrogen-bond donors (Lipinski definition) is 2. The molecule has 0 amide bonds. The molecule has 1 saturated carbocycles. The lowest BCUT2D eigenvalue weighted by molar-refractivity contribution is -0.0152. The molecule has 3 rings (SSSR count). The average Bonchev–Trinajstić information content (AvgIpc) is 2.60. The molecular weight excluding hydrogens is 341 g/mol. The van der Waals surface area contributed by atoms with Gasteiger partial charge in [-0.15, -0.1) is 0 Å². The van der Waals surface area contributed by atoms with Crippen molar-refractivity contribution in [3.8, 4) is 5.75 Å². The van der Waals surface area contributed by atoms with Crippen molar-refractivity contribution in [1.82, 2.24) is 5.32 Å².